The lowest BCUT2D eigenvalue weighted by Crippen LogP contribution is -2.36. The summed E-state index contributed by atoms with van der Waals surface area (Å²) in [5, 5.41) is 15.4. The highest BCUT2D eigenvalue weighted by atomic mass is 32.1. The Morgan fingerprint density at radius 2 is 2.10 bits per heavy atom. The van der Waals surface area contributed by atoms with Crippen LogP contribution in [0.5, 0.6) is 11.5 Å². The van der Waals surface area contributed by atoms with Gasteiger partial charge in [0.2, 0.25) is 0 Å². The van der Waals surface area contributed by atoms with Crippen LogP contribution in [-0.4, -0.2) is 30.6 Å². The highest BCUT2D eigenvalue weighted by Gasteiger charge is 2.41. The molecule has 1 aliphatic heterocycles. The summed E-state index contributed by atoms with van der Waals surface area (Å²) in [4.78, 5) is 27.5. The SMILES string of the molecule is CCOC(=O)C1=C(C)NC2=C(C(=O)C[C@@H](c3cccs3)C2)[C@H]1c1ccc(O)c(OC)c1. The number of methoxy groups -OCH3 is 1. The second kappa shape index (κ2) is 8.59. The molecular formula is C24H25NO5S. The smallest absolute Gasteiger partial charge is 0.336 e. The zero-order valence-corrected chi connectivity index (χ0v) is 18.5. The van der Waals surface area contributed by atoms with Crippen LogP contribution in [0.2, 0.25) is 0 Å². The summed E-state index contributed by atoms with van der Waals surface area (Å²) < 4.78 is 10.6. The number of ketones is 1. The van der Waals surface area contributed by atoms with Crippen molar-refractivity contribution in [3.8, 4) is 11.5 Å². The van der Waals surface area contributed by atoms with E-state index in [4.69, 9.17) is 9.47 Å². The molecule has 2 N–H and O–H groups in total. The minimum absolute atomic E-state index is 0.000467. The molecule has 2 atom stereocenters. The van der Waals surface area contributed by atoms with E-state index >= 15 is 0 Å². The van der Waals surface area contributed by atoms with Crippen molar-refractivity contribution in [1.82, 2.24) is 5.32 Å². The number of carbonyl (C=O) groups excluding carboxylic acids is 2. The Bertz CT molecular complexity index is 1080. The van der Waals surface area contributed by atoms with E-state index in [1.807, 2.05) is 18.4 Å². The van der Waals surface area contributed by atoms with Gasteiger partial charge in [-0.25, -0.2) is 4.79 Å². The topological polar surface area (TPSA) is 84.9 Å². The second-order valence-electron chi connectivity index (χ2n) is 7.68. The maximum Gasteiger partial charge on any atom is 0.336 e. The predicted molar refractivity (Wildman–Crippen MR) is 118 cm³/mol. The number of phenols is 1. The molecule has 6 nitrogen and oxygen atoms in total. The van der Waals surface area contributed by atoms with Crippen LogP contribution in [0.1, 0.15) is 49.0 Å². The fourth-order valence-corrected chi connectivity index (χ4v) is 5.28. The van der Waals surface area contributed by atoms with Gasteiger partial charge in [0.15, 0.2) is 17.3 Å². The molecule has 4 rings (SSSR count). The van der Waals surface area contributed by atoms with Crippen LogP contribution in [0.4, 0.5) is 0 Å². The molecule has 7 heteroatoms. The molecule has 2 heterocycles. The van der Waals surface area contributed by atoms with E-state index in [1.54, 1.807) is 30.4 Å². The Balaban J connectivity index is 1.84. The zero-order valence-electron chi connectivity index (χ0n) is 17.7. The van der Waals surface area contributed by atoms with Crippen LogP contribution in [0.3, 0.4) is 0 Å². The molecule has 31 heavy (non-hydrogen) atoms. The Morgan fingerprint density at radius 1 is 1.29 bits per heavy atom. The quantitative estimate of drug-likeness (QED) is 0.673. The summed E-state index contributed by atoms with van der Waals surface area (Å²) in [6, 6.07) is 8.99. The number of hydrogen-bond donors (Lipinski definition) is 2. The first-order chi connectivity index (χ1) is 14.9. The summed E-state index contributed by atoms with van der Waals surface area (Å²) in [6.45, 7) is 3.83. The summed E-state index contributed by atoms with van der Waals surface area (Å²) >= 11 is 1.65. The van der Waals surface area contributed by atoms with Crippen LogP contribution in [0.15, 0.2) is 58.3 Å². The molecule has 0 saturated heterocycles. The number of carbonyl (C=O) groups is 2. The Morgan fingerprint density at radius 3 is 2.77 bits per heavy atom. The van der Waals surface area contributed by atoms with Gasteiger partial charge in [-0.05, 0) is 49.4 Å². The molecule has 0 amide bonds. The van der Waals surface area contributed by atoms with E-state index in [9.17, 15) is 14.7 Å². The first-order valence-electron chi connectivity index (χ1n) is 10.3. The third kappa shape index (κ3) is 3.85. The van der Waals surface area contributed by atoms with Crippen molar-refractivity contribution in [3.05, 3.63) is 68.7 Å². The van der Waals surface area contributed by atoms with E-state index in [2.05, 4.69) is 11.4 Å². The highest BCUT2D eigenvalue weighted by Crippen LogP contribution is 2.47. The molecule has 0 spiro atoms. The minimum atomic E-state index is -0.582. The van der Waals surface area contributed by atoms with Gasteiger partial charge >= 0.3 is 5.97 Å². The van der Waals surface area contributed by atoms with Gasteiger partial charge in [-0.15, -0.1) is 11.3 Å². The number of hydrogen-bond acceptors (Lipinski definition) is 7. The lowest BCUT2D eigenvalue weighted by molar-refractivity contribution is -0.138. The summed E-state index contributed by atoms with van der Waals surface area (Å²) in [5.74, 6) is -0.616. The Hall–Kier alpha value is -3.06. The van der Waals surface area contributed by atoms with Gasteiger partial charge in [0.05, 0.1) is 19.3 Å². The molecule has 1 aromatic heterocycles. The van der Waals surface area contributed by atoms with Crippen molar-refractivity contribution in [2.24, 2.45) is 0 Å². The Kier molecular flexibility index (Phi) is 5.87. The average Bonchev–Trinajstić information content (AvgIpc) is 3.28. The average molecular weight is 440 g/mol. The fourth-order valence-electron chi connectivity index (χ4n) is 4.45. The van der Waals surface area contributed by atoms with Gasteiger partial charge in [0.25, 0.3) is 0 Å². The third-order valence-corrected chi connectivity index (χ3v) is 6.84. The molecule has 0 unspecified atom stereocenters. The lowest BCUT2D eigenvalue weighted by atomic mass is 9.72. The number of phenolic OH excluding ortho intramolecular Hbond substituents is 1. The van der Waals surface area contributed by atoms with E-state index in [-0.39, 0.29) is 24.1 Å². The number of aromatic hydroxyl groups is 1. The molecule has 0 bridgehead atoms. The minimum Gasteiger partial charge on any atom is -0.504 e. The molecule has 2 aliphatic rings. The monoisotopic (exact) mass is 439 g/mol. The molecule has 0 radical (unpaired) electrons. The fraction of sp³-hybridized carbons (Fsp3) is 0.333. The van der Waals surface area contributed by atoms with Crippen molar-refractivity contribution in [2.45, 2.75) is 38.5 Å². The number of thiophene rings is 1. The van der Waals surface area contributed by atoms with Crippen LogP contribution in [0, 0.1) is 0 Å². The van der Waals surface area contributed by atoms with Crippen LogP contribution < -0.4 is 10.1 Å². The standard InChI is InChI=1S/C24H25NO5S/c1-4-30-24(28)21-13(2)25-16-10-15(20-6-5-9-31-20)11-18(27)23(16)22(21)14-7-8-17(26)19(12-14)29-3/h5-9,12,15,22,25-26H,4,10-11H2,1-3H3/t15-,22-/m0/s1. The van der Waals surface area contributed by atoms with Crippen LogP contribution in [-0.2, 0) is 14.3 Å². The number of ether oxygens (including phenoxy) is 2. The number of dihydropyridines is 1. The summed E-state index contributed by atoms with van der Waals surface area (Å²) in [6.07, 6.45) is 1.09. The normalized spacial score (nSPS) is 20.9. The second-order valence-corrected chi connectivity index (χ2v) is 8.66. The number of Topliss-reactive ketones (excluding diaryl/α,β-unsaturated/α-hetero) is 1. The number of benzene rings is 1. The van der Waals surface area contributed by atoms with Crippen molar-refractivity contribution >= 4 is 23.1 Å². The van der Waals surface area contributed by atoms with Gasteiger partial charge in [0.1, 0.15) is 0 Å². The predicted octanol–water partition coefficient (Wildman–Crippen LogP) is 4.39. The van der Waals surface area contributed by atoms with Crippen LogP contribution in [0.25, 0.3) is 0 Å². The molecular weight excluding hydrogens is 414 g/mol. The first kappa shape index (κ1) is 21.2. The maximum absolute atomic E-state index is 13.4. The van der Waals surface area contributed by atoms with E-state index < -0.39 is 11.9 Å². The largest absolute Gasteiger partial charge is 0.504 e. The number of nitrogens with one attached hydrogen (secondary N) is 1. The zero-order chi connectivity index (χ0) is 22.1. The molecule has 1 aromatic carbocycles. The van der Waals surface area contributed by atoms with Gasteiger partial charge in [0, 0.05) is 40.1 Å². The summed E-state index contributed by atoms with van der Waals surface area (Å²) in [5.41, 5.74) is 3.23. The maximum atomic E-state index is 13.4. The number of esters is 1. The van der Waals surface area contributed by atoms with E-state index in [0.717, 1.165) is 5.70 Å². The number of allylic oxidation sites excluding steroid dienone is 3. The molecule has 2 aromatic rings. The highest BCUT2D eigenvalue weighted by molar-refractivity contribution is 7.10. The van der Waals surface area contributed by atoms with Crippen molar-refractivity contribution in [1.29, 1.82) is 0 Å². The van der Waals surface area contributed by atoms with E-state index in [0.29, 0.717) is 41.0 Å². The lowest BCUT2D eigenvalue weighted by Gasteiger charge is -2.36. The van der Waals surface area contributed by atoms with Crippen molar-refractivity contribution in [3.63, 3.8) is 0 Å². The van der Waals surface area contributed by atoms with Gasteiger partial charge in [-0.3, -0.25) is 4.79 Å². The Labute approximate surface area is 185 Å². The molecule has 0 fully saturated rings. The van der Waals surface area contributed by atoms with Gasteiger partial charge in [-0.2, -0.15) is 0 Å². The summed E-state index contributed by atoms with van der Waals surface area (Å²) in [7, 11) is 1.47. The molecule has 1 aliphatic carbocycles. The third-order valence-electron chi connectivity index (χ3n) is 5.81. The molecule has 162 valence electrons. The van der Waals surface area contributed by atoms with Crippen LogP contribution >= 0.6 is 11.3 Å². The van der Waals surface area contributed by atoms with E-state index in [1.165, 1.54) is 18.1 Å². The van der Waals surface area contributed by atoms with Gasteiger partial charge < -0.3 is 19.9 Å². The first-order valence-corrected chi connectivity index (χ1v) is 11.1. The van der Waals surface area contributed by atoms with Crippen molar-refractivity contribution in [2.75, 3.05) is 13.7 Å². The number of rotatable bonds is 5. The molecule has 0 saturated carbocycles. The van der Waals surface area contributed by atoms with Crippen molar-refractivity contribution < 1.29 is 24.2 Å². The van der Waals surface area contributed by atoms with Gasteiger partial charge in [-0.1, -0.05) is 12.1 Å².